The summed E-state index contributed by atoms with van der Waals surface area (Å²) >= 11 is 0. The number of hydrazone groups is 1. The Bertz CT molecular complexity index is 638. The number of alkyl halides is 4. The topological polar surface area (TPSA) is 93.4 Å². The SMILES string of the molecule is O=C(c1ccc(O)cc1O)N1N=C(C(F)F)C[C@]1(O)C(F)F. The van der Waals surface area contributed by atoms with E-state index in [1.54, 1.807) is 0 Å². The smallest absolute Gasteiger partial charge is 0.287 e. The molecule has 0 unspecified atom stereocenters. The van der Waals surface area contributed by atoms with Crippen LogP contribution in [0.15, 0.2) is 23.3 Å². The second-order valence-electron chi connectivity index (χ2n) is 4.57. The normalized spacial score (nSPS) is 21.6. The zero-order chi connectivity index (χ0) is 16.7. The molecule has 1 aromatic carbocycles. The summed E-state index contributed by atoms with van der Waals surface area (Å²) < 4.78 is 51.2. The van der Waals surface area contributed by atoms with E-state index in [2.05, 4.69) is 5.10 Å². The fourth-order valence-corrected chi connectivity index (χ4v) is 1.92. The van der Waals surface area contributed by atoms with E-state index in [1.807, 2.05) is 0 Å². The second-order valence-corrected chi connectivity index (χ2v) is 4.57. The van der Waals surface area contributed by atoms with Crippen molar-refractivity contribution in [2.45, 2.75) is 25.0 Å². The van der Waals surface area contributed by atoms with E-state index >= 15 is 0 Å². The molecule has 1 aliphatic rings. The molecule has 0 aromatic heterocycles. The maximum Gasteiger partial charge on any atom is 0.287 e. The lowest BCUT2D eigenvalue weighted by molar-refractivity contribution is -0.164. The van der Waals surface area contributed by atoms with Crippen LogP contribution in [0, 0.1) is 0 Å². The minimum Gasteiger partial charge on any atom is -0.508 e. The molecule has 0 aliphatic carbocycles. The third-order valence-electron chi connectivity index (χ3n) is 3.04. The van der Waals surface area contributed by atoms with Crippen LogP contribution < -0.4 is 0 Å². The summed E-state index contributed by atoms with van der Waals surface area (Å²) in [6.07, 6.45) is -8.00. The van der Waals surface area contributed by atoms with Crippen LogP contribution in [-0.2, 0) is 0 Å². The first-order valence-electron chi connectivity index (χ1n) is 5.89. The molecule has 10 heteroatoms. The standard InChI is InChI=1S/C12H10F4N2O4/c13-9(14)7-4-12(22,11(15)16)18(17-7)10(21)6-2-1-5(19)3-8(6)20/h1-3,9,11,19-20,22H,4H2/t12-/m0/s1. The van der Waals surface area contributed by atoms with Gasteiger partial charge >= 0.3 is 0 Å². The van der Waals surface area contributed by atoms with Gasteiger partial charge in [0, 0.05) is 12.5 Å². The van der Waals surface area contributed by atoms with Crippen LogP contribution in [-0.4, -0.2) is 50.5 Å². The Hall–Kier alpha value is -2.36. The third kappa shape index (κ3) is 2.56. The number of amides is 1. The Balaban J connectivity index is 2.44. The molecule has 1 atom stereocenters. The second kappa shape index (κ2) is 5.44. The van der Waals surface area contributed by atoms with Crippen LogP contribution in [0.3, 0.4) is 0 Å². The summed E-state index contributed by atoms with van der Waals surface area (Å²) in [6.45, 7) is 0. The van der Waals surface area contributed by atoms with E-state index in [1.165, 1.54) is 0 Å². The number of aliphatic hydroxyl groups is 1. The van der Waals surface area contributed by atoms with E-state index in [-0.39, 0.29) is 5.01 Å². The maximum absolute atomic E-state index is 13.0. The van der Waals surface area contributed by atoms with Crippen molar-refractivity contribution in [2.24, 2.45) is 5.10 Å². The van der Waals surface area contributed by atoms with Crippen molar-refractivity contribution in [1.29, 1.82) is 0 Å². The van der Waals surface area contributed by atoms with Gasteiger partial charge in [-0.25, -0.2) is 17.6 Å². The first kappa shape index (κ1) is 16.0. The number of phenolic OH excluding ortho intramolecular Hbond substituents is 2. The molecule has 0 bridgehead atoms. The van der Waals surface area contributed by atoms with Gasteiger partial charge in [0.1, 0.15) is 17.2 Å². The van der Waals surface area contributed by atoms with Gasteiger partial charge in [-0.3, -0.25) is 4.79 Å². The Kier molecular flexibility index (Phi) is 3.96. The molecule has 6 nitrogen and oxygen atoms in total. The van der Waals surface area contributed by atoms with Gasteiger partial charge in [-0.05, 0) is 12.1 Å². The number of rotatable bonds is 3. The van der Waals surface area contributed by atoms with Crippen molar-refractivity contribution < 1.29 is 37.7 Å². The van der Waals surface area contributed by atoms with E-state index in [4.69, 9.17) is 5.11 Å². The summed E-state index contributed by atoms with van der Waals surface area (Å²) in [5.74, 6) is -2.59. The molecule has 1 heterocycles. The molecule has 1 aliphatic heterocycles. The predicted octanol–water partition coefficient (Wildman–Crippen LogP) is 1.52. The van der Waals surface area contributed by atoms with Gasteiger partial charge in [0.2, 0.25) is 5.72 Å². The van der Waals surface area contributed by atoms with Gasteiger partial charge in [0.15, 0.2) is 0 Å². The molecular weight excluding hydrogens is 312 g/mol. The number of carbonyl (C=O) groups excluding carboxylic acids is 1. The van der Waals surface area contributed by atoms with E-state index < -0.39 is 53.7 Å². The predicted molar refractivity (Wildman–Crippen MR) is 65.0 cm³/mol. The first-order valence-corrected chi connectivity index (χ1v) is 5.89. The summed E-state index contributed by atoms with van der Waals surface area (Å²) in [7, 11) is 0. The number of carbonyl (C=O) groups is 1. The Morgan fingerprint density at radius 1 is 1.27 bits per heavy atom. The quantitative estimate of drug-likeness (QED) is 0.736. The summed E-state index contributed by atoms with van der Waals surface area (Å²) in [4.78, 5) is 12.1. The number of benzene rings is 1. The van der Waals surface area contributed by atoms with E-state index in [9.17, 15) is 32.6 Å². The van der Waals surface area contributed by atoms with Crippen LogP contribution in [0.1, 0.15) is 16.8 Å². The van der Waals surface area contributed by atoms with Gasteiger partial charge in [-0.15, -0.1) is 0 Å². The molecule has 2 rings (SSSR count). The minimum atomic E-state index is -3.56. The van der Waals surface area contributed by atoms with E-state index in [0.717, 1.165) is 18.2 Å². The molecule has 3 N–H and O–H groups in total. The first-order chi connectivity index (χ1) is 10.2. The van der Waals surface area contributed by atoms with Gasteiger partial charge in [0.05, 0.1) is 5.56 Å². The van der Waals surface area contributed by atoms with Gasteiger partial charge in [0.25, 0.3) is 18.8 Å². The molecule has 1 amide bonds. The summed E-state index contributed by atoms with van der Waals surface area (Å²) in [6, 6.07) is 2.61. The highest BCUT2D eigenvalue weighted by molar-refractivity contribution is 6.00. The Morgan fingerprint density at radius 3 is 2.41 bits per heavy atom. The van der Waals surface area contributed by atoms with Crippen LogP contribution in [0.4, 0.5) is 17.6 Å². The Morgan fingerprint density at radius 2 is 1.91 bits per heavy atom. The van der Waals surface area contributed by atoms with Gasteiger partial charge in [-0.2, -0.15) is 10.1 Å². The molecule has 0 saturated carbocycles. The Labute approximate surface area is 120 Å². The zero-order valence-corrected chi connectivity index (χ0v) is 10.8. The molecular formula is C12H10F4N2O4. The van der Waals surface area contributed by atoms with Crippen molar-refractivity contribution >= 4 is 11.6 Å². The van der Waals surface area contributed by atoms with Crippen molar-refractivity contribution in [3.8, 4) is 11.5 Å². The molecule has 22 heavy (non-hydrogen) atoms. The number of nitrogens with zero attached hydrogens (tertiary/aromatic N) is 2. The lowest BCUT2D eigenvalue weighted by atomic mass is 10.1. The average molecular weight is 322 g/mol. The molecule has 1 aromatic rings. The molecule has 0 spiro atoms. The van der Waals surface area contributed by atoms with E-state index in [0.29, 0.717) is 0 Å². The van der Waals surface area contributed by atoms with Crippen LogP contribution in [0.5, 0.6) is 11.5 Å². The third-order valence-corrected chi connectivity index (χ3v) is 3.04. The van der Waals surface area contributed by atoms with Crippen molar-refractivity contribution in [3.05, 3.63) is 23.8 Å². The fraction of sp³-hybridized carbons (Fsp3) is 0.333. The van der Waals surface area contributed by atoms with Crippen molar-refractivity contribution in [2.75, 3.05) is 0 Å². The molecule has 0 fully saturated rings. The van der Waals surface area contributed by atoms with Crippen LogP contribution in [0.25, 0.3) is 0 Å². The van der Waals surface area contributed by atoms with Crippen LogP contribution in [0.2, 0.25) is 0 Å². The number of aromatic hydroxyl groups is 2. The minimum absolute atomic E-state index is 0.175. The molecule has 0 radical (unpaired) electrons. The average Bonchev–Trinajstić information content (AvgIpc) is 2.78. The number of hydrogen-bond donors (Lipinski definition) is 3. The lowest BCUT2D eigenvalue weighted by Gasteiger charge is -2.30. The van der Waals surface area contributed by atoms with Gasteiger partial charge in [-0.1, -0.05) is 0 Å². The number of phenols is 2. The zero-order valence-electron chi connectivity index (χ0n) is 10.8. The van der Waals surface area contributed by atoms with Crippen molar-refractivity contribution in [3.63, 3.8) is 0 Å². The maximum atomic E-state index is 13.0. The summed E-state index contributed by atoms with van der Waals surface area (Å²) in [5, 5.41) is 31.3. The largest absolute Gasteiger partial charge is 0.508 e. The highest BCUT2D eigenvalue weighted by Gasteiger charge is 2.53. The monoisotopic (exact) mass is 322 g/mol. The molecule has 120 valence electrons. The fourth-order valence-electron chi connectivity index (χ4n) is 1.92. The highest BCUT2D eigenvalue weighted by Crippen LogP contribution is 2.35. The van der Waals surface area contributed by atoms with Crippen LogP contribution >= 0.6 is 0 Å². The molecule has 0 saturated heterocycles. The summed E-state index contributed by atoms with van der Waals surface area (Å²) in [5.41, 5.74) is -4.89. The number of halogens is 4. The highest BCUT2D eigenvalue weighted by atomic mass is 19.3. The number of hydrogen-bond acceptors (Lipinski definition) is 5. The van der Waals surface area contributed by atoms with Gasteiger partial charge < -0.3 is 15.3 Å². The lowest BCUT2D eigenvalue weighted by Crippen LogP contribution is -2.51. The van der Waals surface area contributed by atoms with Crippen molar-refractivity contribution in [1.82, 2.24) is 5.01 Å².